The van der Waals surface area contributed by atoms with E-state index in [4.69, 9.17) is 9.66 Å². The summed E-state index contributed by atoms with van der Waals surface area (Å²) in [5, 5.41) is 8.65. The van der Waals surface area contributed by atoms with Crippen LogP contribution in [0.3, 0.4) is 0 Å². The van der Waals surface area contributed by atoms with Gasteiger partial charge in [0.25, 0.3) is 10.1 Å². The maximum absolute atomic E-state index is 10.7. The maximum Gasteiger partial charge on any atom is 0.336 e. The summed E-state index contributed by atoms with van der Waals surface area (Å²) in [4.78, 5) is 20.5. The first-order chi connectivity index (χ1) is 6.86. The van der Waals surface area contributed by atoms with Crippen molar-refractivity contribution in [1.82, 2.24) is 0 Å². The van der Waals surface area contributed by atoms with Crippen LogP contribution in [-0.2, 0) is 10.1 Å². The molecule has 0 aliphatic heterocycles. The molecule has 0 saturated heterocycles. The molecule has 2 N–H and O–H groups in total. The van der Waals surface area contributed by atoms with Crippen molar-refractivity contribution in [3.8, 4) is 0 Å². The predicted molar refractivity (Wildman–Crippen MR) is 48.6 cm³/mol. The van der Waals surface area contributed by atoms with Crippen molar-refractivity contribution in [1.29, 1.82) is 0 Å². The number of carboxylic acids is 1. The summed E-state index contributed by atoms with van der Waals surface area (Å²) < 4.78 is 30.0. The van der Waals surface area contributed by atoms with Crippen molar-refractivity contribution >= 4 is 22.4 Å². The number of benzene rings is 1. The van der Waals surface area contributed by atoms with E-state index in [0.29, 0.717) is 0 Å². The molecular formula is C8H6O6S. The third-order valence-electron chi connectivity index (χ3n) is 1.68. The van der Waals surface area contributed by atoms with E-state index in [1.54, 1.807) is 0 Å². The maximum atomic E-state index is 10.7. The number of carbonyl (C=O) groups excluding carboxylic acids is 1. The molecule has 1 rings (SSSR count). The number of aldehydes is 1. The first-order valence-corrected chi connectivity index (χ1v) is 5.10. The van der Waals surface area contributed by atoms with Crippen molar-refractivity contribution < 1.29 is 27.7 Å². The Kier molecular flexibility index (Phi) is 2.87. The zero-order valence-electron chi connectivity index (χ0n) is 7.25. The number of carboxylic acid groups (broad SMARTS) is 1. The lowest BCUT2D eigenvalue weighted by Gasteiger charge is -2.01. The molecular weight excluding hydrogens is 224 g/mol. The lowest BCUT2D eigenvalue weighted by molar-refractivity contribution is 0.0693. The highest BCUT2D eigenvalue weighted by Gasteiger charge is 2.16. The van der Waals surface area contributed by atoms with Crippen molar-refractivity contribution in [2.75, 3.05) is 0 Å². The largest absolute Gasteiger partial charge is 0.478 e. The monoisotopic (exact) mass is 230 g/mol. The molecule has 0 atom stereocenters. The third-order valence-corrected chi connectivity index (χ3v) is 2.53. The van der Waals surface area contributed by atoms with Gasteiger partial charge in [-0.05, 0) is 18.2 Å². The Balaban J connectivity index is 3.48. The molecule has 80 valence electrons. The van der Waals surface area contributed by atoms with Crippen LogP contribution in [0.15, 0.2) is 23.1 Å². The highest BCUT2D eigenvalue weighted by atomic mass is 32.2. The molecule has 0 unspecified atom stereocenters. The number of hydrogen-bond donors (Lipinski definition) is 2. The Morgan fingerprint density at radius 1 is 1.33 bits per heavy atom. The van der Waals surface area contributed by atoms with E-state index in [1.165, 1.54) is 0 Å². The molecule has 0 saturated carbocycles. The fourth-order valence-corrected chi connectivity index (χ4v) is 1.49. The van der Waals surface area contributed by atoms with E-state index in [2.05, 4.69) is 0 Å². The molecule has 7 heteroatoms. The Bertz CT molecular complexity index is 516. The van der Waals surface area contributed by atoms with E-state index in [1.807, 2.05) is 0 Å². The van der Waals surface area contributed by atoms with Crippen LogP contribution < -0.4 is 0 Å². The number of hydrogen-bond acceptors (Lipinski definition) is 4. The van der Waals surface area contributed by atoms with E-state index in [0.717, 1.165) is 18.2 Å². The number of carbonyl (C=O) groups is 2. The predicted octanol–water partition coefficient (Wildman–Crippen LogP) is 0.444. The molecule has 0 radical (unpaired) electrons. The highest BCUT2D eigenvalue weighted by Crippen LogP contribution is 2.14. The van der Waals surface area contributed by atoms with Gasteiger partial charge in [0.2, 0.25) is 0 Å². The summed E-state index contributed by atoms with van der Waals surface area (Å²) in [6, 6.07) is 2.69. The smallest absolute Gasteiger partial charge is 0.336 e. The second-order valence-corrected chi connectivity index (χ2v) is 4.07. The molecule has 0 amide bonds. The fraction of sp³-hybridized carbons (Fsp3) is 0. The molecule has 0 aliphatic rings. The van der Waals surface area contributed by atoms with E-state index < -0.39 is 26.5 Å². The summed E-state index contributed by atoms with van der Waals surface area (Å²) in [5.74, 6) is -1.44. The molecule has 1 aromatic carbocycles. The lowest BCUT2D eigenvalue weighted by Crippen LogP contribution is -2.05. The number of rotatable bonds is 3. The molecule has 1 aromatic rings. The molecule has 6 nitrogen and oxygen atoms in total. The number of aromatic carboxylic acids is 1. The molecule has 0 bridgehead atoms. The van der Waals surface area contributed by atoms with Gasteiger partial charge in [0.15, 0.2) is 6.29 Å². The van der Waals surface area contributed by atoms with Gasteiger partial charge in [-0.3, -0.25) is 9.35 Å². The highest BCUT2D eigenvalue weighted by molar-refractivity contribution is 7.85. The van der Waals surface area contributed by atoms with Gasteiger partial charge in [-0.25, -0.2) is 4.79 Å². The average Bonchev–Trinajstić information content (AvgIpc) is 2.15. The Hall–Kier alpha value is -1.73. The summed E-state index contributed by atoms with van der Waals surface area (Å²) in [5.41, 5.74) is -0.630. The van der Waals surface area contributed by atoms with E-state index in [-0.39, 0.29) is 11.8 Å². The first-order valence-electron chi connectivity index (χ1n) is 3.66. The Labute approximate surface area is 84.9 Å². The minimum absolute atomic E-state index is 0.157. The van der Waals surface area contributed by atoms with Crippen LogP contribution in [0.4, 0.5) is 0 Å². The molecule has 0 aliphatic carbocycles. The summed E-state index contributed by atoms with van der Waals surface area (Å²) >= 11 is 0. The molecule has 0 fully saturated rings. The standard InChI is InChI=1S/C8H6O6S/c9-4-5-1-2-6(15(12,13)14)3-7(5)8(10)11/h1-4H,(H,10,11)(H,12,13,14). The fourth-order valence-electron chi connectivity index (χ4n) is 0.984. The summed E-state index contributed by atoms with van der Waals surface area (Å²) in [6.07, 6.45) is 0.289. The van der Waals surface area contributed by atoms with Gasteiger partial charge in [0, 0.05) is 5.56 Å². The van der Waals surface area contributed by atoms with Crippen LogP contribution in [0.2, 0.25) is 0 Å². The average molecular weight is 230 g/mol. The molecule has 15 heavy (non-hydrogen) atoms. The topological polar surface area (TPSA) is 109 Å². The van der Waals surface area contributed by atoms with Gasteiger partial charge >= 0.3 is 5.97 Å². The van der Waals surface area contributed by atoms with Crippen molar-refractivity contribution in [2.45, 2.75) is 4.90 Å². The molecule has 0 heterocycles. The van der Waals surface area contributed by atoms with Crippen molar-refractivity contribution in [2.24, 2.45) is 0 Å². The van der Waals surface area contributed by atoms with Gasteiger partial charge in [0.05, 0.1) is 10.5 Å². The van der Waals surface area contributed by atoms with E-state index in [9.17, 15) is 18.0 Å². The first kappa shape index (κ1) is 11.3. The van der Waals surface area contributed by atoms with Crippen LogP contribution in [-0.4, -0.2) is 30.3 Å². The van der Waals surface area contributed by atoms with Crippen LogP contribution in [0.25, 0.3) is 0 Å². The summed E-state index contributed by atoms with van der Waals surface area (Å²) in [6.45, 7) is 0. The van der Waals surface area contributed by atoms with Crippen molar-refractivity contribution in [3.63, 3.8) is 0 Å². The second-order valence-electron chi connectivity index (χ2n) is 2.65. The van der Waals surface area contributed by atoms with Gasteiger partial charge < -0.3 is 5.11 Å². The van der Waals surface area contributed by atoms with Crippen LogP contribution in [0.5, 0.6) is 0 Å². The Morgan fingerprint density at radius 3 is 2.33 bits per heavy atom. The quantitative estimate of drug-likeness (QED) is 0.576. The SMILES string of the molecule is O=Cc1ccc(S(=O)(=O)O)cc1C(=O)O. The minimum Gasteiger partial charge on any atom is -0.478 e. The van der Waals surface area contributed by atoms with E-state index >= 15 is 0 Å². The lowest BCUT2D eigenvalue weighted by atomic mass is 10.1. The zero-order chi connectivity index (χ0) is 11.6. The normalized spacial score (nSPS) is 11.0. The van der Waals surface area contributed by atoms with Gasteiger partial charge in [-0.15, -0.1) is 0 Å². The van der Waals surface area contributed by atoms with Crippen LogP contribution in [0.1, 0.15) is 20.7 Å². The molecule has 0 spiro atoms. The van der Waals surface area contributed by atoms with Gasteiger partial charge in [0.1, 0.15) is 0 Å². The van der Waals surface area contributed by atoms with Crippen LogP contribution >= 0.6 is 0 Å². The zero-order valence-corrected chi connectivity index (χ0v) is 8.06. The van der Waals surface area contributed by atoms with Crippen LogP contribution in [0, 0.1) is 0 Å². The van der Waals surface area contributed by atoms with Gasteiger partial charge in [-0.2, -0.15) is 8.42 Å². The second kappa shape index (κ2) is 3.79. The molecule has 0 aromatic heterocycles. The summed E-state index contributed by atoms with van der Waals surface area (Å²) in [7, 11) is -4.46. The Morgan fingerprint density at radius 2 is 1.93 bits per heavy atom. The van der Waals surface area contributed by atoms with Crippen molar-refractivity contribution in [3.05, 3.63) is 29.3 Å². The minimum atomic E-state index is -4.46. The third kappa shape index (κ3) is 2.39. The van der Waals surface area contributed by atoms with Gasteiger partial charge in [-0.1, -0.05) is 0 Å².